The number of rotatable bonds is 5. The van der Waals surface area contributed by atoms with Gasteiger partial charge in [0.05, 0.1) is 23.5 Å². The number of hydrogen-bond acceptors (Lipinski definition) is 6. The van der Waals surface area contributed by atoms with Crippen molar-refractivity contribution in [3.63, 3.8) is 0 Å². The number of carbonyl (C=O) groups is 1. The average Bonchev–Trinajstić information content (AvgIpc) is 2.37. The Kier molecular flexibility index (Phi) is 5.02. The largest absolute Gasteiger partial charge is 0.466 e. The molecule has 1 heterocycles. The lowest BCUT2D eigenvalue weighted by atomic mass is 10.1. The summed E-state index contributed by atoms with van der Waals surface area (Å²) in [5.74, 6) is -0.826. The minimum atomic E-state index is -3.08. The molecule has 0 aliphatic carbocycles. The van der Waals surface area contributed by atoms with Crippen molar-refractivity contribution < 1.29 is 23.2 Å². The summed E-state index contributed by atoms with van der Waals surface area (Å²) in [5.41, 5.74) is -2.61. The van der Waals surface area contributed by atoms with E-state index in [4.69, 9.17) is 5.26 Å². The van der Waals surface area contributed by atoms with Crippen molar-refractivity contribution in [3.8, 4) is 6.07 Å². The van der Waals surface area contributed by atoms with E-state index in [2.05, 4.69) is 9.72 Å². The number of nitriles is 1. The van der Waals surface area contributed by atoms with Crippen molar-refractivity contribution in [2.75, 3.05) is 6.61 Å². The Hall–Kier alpha value is -2.63. The van der Waals surface area contributed by atoms with E-state index in [1.54, 1.807) is 0 Å². The molecule has 0 saturated carbocycles. The molecule has 0 bridgehead atoms. The van der Waals surface area contributed by atoms with E-state index in [1.807, 2.05) is 0 Å². The molecule has 0 unspecified atom stereocenters. The van der Waals surface area contributed by atoms with Gasteiger partial charge >= 0.3 is 5.97 Å². The van der Waals surface area contributed by atoms with E-state index >= 15 is 0 Å². The van der Waals surface area contributed by atoms with Crippen LogP contribution >= 0.6 is 0 Å². The molecule has 106 valence electrons. The number of alkyl halides is 2. The molecule has 0 N–H and O–H groups in total. The van der Waals surface area contributed by atoms with Crippen LogP contribution in [0.25, 0.3) is 0 Å². The van der Waals surface area contributed by atoms with Crippen molar-refractivity contribution in [1.82, 2.24) is 4.98 Å². The summed E-state index contributed by atoms with van der Waals surface area (Å²) < 4.78 is 30.0. The highest BCUT2D eigenvalue weighted by Gasteiger charge is 2.25. The van der Waals surface area contributed by atoms with Gasteiger partial charge in [-0.2, -0.15) is 5.26 Å². The molecule has 0 spiro atoms. The third-order valence-corrected chi connectivity index (χ3v) is 2.25. The third kappa shape index (κ3) is 3.44. The maximum Gasteiger partial charge on any atom is 0.312 e. The number of pyridine rings is 1. The summed E-state index contributed by atoms with van der Waals surface area (Å²) >= 11 is 0. The fraction of sp³-hybridized carbons (Fsp3) is 0.364. The molecule has 9 heteroatoms. The average molecular weight is 285 g/mol. The topological polar surface area (TPSA) is 106 Å². The van der Waals surface area contributed by atoms with Crippen LogP contribution in [0.5, 0.6) is 0 Å². The quantitative estimate of drug-likeness (QED) is 0.464. The minimum Gasteiger partial charge on any atom is -0.466 e. The molecule has 1 aromatic heterocycles. The summed E-state index contributed by atoms with van der Waals surface area (Å²) in [6.07, 6.45) is -3.69. The third-order valence-electron chi connectivity index (χ3n) is 2.25. The van der Waals surface area contributed by atoms with Gasteiger partial charge in [-0.15, -0.1) is 0 Å². The van der Waals surface area contributed by atoms with Gasteiger partial charge in [0.2, 0.25) is 0 Å². The molecule has 7 nitrogen and oxygen atoms in total. The van der Waals surface area contributed by atoms with Crippen LogP contribution in [0.4, 0.5) is 14.5 Å². The van der Waals surface area contributed by atoms with Gasteiger partial charge in [0.15, 0.2) is 0 Å². The summed E-state index contributed by atoms with van der Waals surface area (Å²) in [6.45, 7) is 1.58. The number of carbonyl (C=O) groups excluding carboxylic acids is 1. The first-order valence-corrected chi connectivity index (χ1v) is 5.42. The van der Waals surface area contributed by atoms with Crippen LogP contribution in [0.1, 0.15) is 30.3 Å². The molecule has 0 aliphatic heterocycles. The van der Waals surface area contributed by atoms with Crippen LogP contribution in [0.3, 0.4) is 0 Å². The monoisotopic (exact) mass is 285 g/mol. The van der Waals surface area contributed by atoms with Gasteiger partial charge in [-0.05, 0) is 6.92 Å². The Morgan fingerprint density at radius 1 is 1.65 bits per heavy atom. The number of halogens is 2. The van der Waals surface area contributed by atoms with Crippen LogP contribution in [0.15, 0.2) is 6.07 Å². The van der Waals surface area contributed by atoms with Crippen molar-refractivity contribution in [1.29, 1.82) is 5.26 Å². The van der Waals surface area contributed by atoms with Gasteiger partial charge in [0.1, 0.15) is 17.5 Å². The van der Waals surface area contributed by atoms with Crippen molar-refractivity contribution in [2.45, 2.75) is 19.8 Å². The zero-order chi connectivity index (χ0) is 15.3. The maximum absolute atomic E-state index is 12.7. The molecule has 1 rings (SSSR count). The molecule has 0 amide bonds. The van der Waals surface area contributed by atoms with E-state index in [-0.39, 0.29) is 6.61 Å². The van der Waals surface area contributed by atoms with Gasteiger partial charge in [0, 0.05) is 6.07 Å². The van der Waals surface area contributed by atoms with Crippen LogP contribution in [0.2, 0.25) is 0 Å². The van der Waals surface area contributed by atoms with Crippen molar-refractivity contribution in [2.24, 2.45) is 0 Å². The van der Waals surface area contributed by atoms with Crippen LogP contribution < -0.4 is 0 Å². The molecule has 0 aliphatic rings. The van der Waals surface area contributed by atoms with Gasteiger partial charge in [0.25, 0.3) is 12.1 Å². The normalized spacial score (nSPS) is 10.2. The van der Waals surface area contributed by atoms with Crippen LogP contribution in [-0.2, 0) is 16.0 Å². The maximum atomic E-state index is 12.7. The van der Waals surface area contributed by atoms with E-state index in [0.717, 1.165) is 0 Å². The molecule has 0 atom stereocenters. The molecular formula is C11H9F2N3O4. The molecule has 0 aromatic carbocycles. The summed E-state index contributed by atoms with van der Waals surface area (Å²) in [5, 5.41) is 19.5. The van der Waals surface area contributed by atoms with Gasteiger partial charge in [-0.1, -0.05) is 0 Å². The Bertz CT molecular complexity index is 584. The molecule has 1 aromatic rings. The smallest absolute Gasteiger partial charge is 0.312 e. The number of nitrogens with zero attached hydrogens (tertiary/aromatic N) is 3. The lowest BCUT2D eigenvalue weighted by Gasteiger charge is -2.07. The number of esters is 1. The SMILES string of the molecule is CCOC(=O)Cc1nc(C(F)F)c(C#N)cc1[N+](=O)[O-]. The Morgan fingerprint density at radius 3 is 2.75 bits per heavy atom. The fourth-order valence-corrected chi connectivity index (χ4v) is 1.45. The molecule has 0 saturated heterocycles. The zero-order valence-electron chi connectivity index (χ0n) is 10.3. The highest BCUT2D eigenvalue weighted by Crippen LogP contribution is 2.27. The van der Waals surface area contributed by atoms with Crippen molar-refractivity contribution in [3.05, 3.63) is 33.1 Å². The second-order valence-electron chi connectivity index (χ2n) is 3.54. The number of ether oxygens (including phenoxy) is 1. The van der Waals surface area contributed by atoms with Gasteiger partial charge in [-0.3, -0.25) is 14.9 Å². The predicted molar refractivity (Wildman–Crippen MR) is 60.9 cm³/mol. The van der Waals surface area contributed by atoms with E-state index < -0.39 is 46.4 Å². The minimum absolute atomic E-state index is 0.0462. The number of nitro groups is 1. The summed E-state index contributed by atoms with van der Waals surface area (Å²) in [6, 6.07) is 2.10. The first kappa shape index (κ1) is 15.4. The standard InChI is InChI=1S/C11H9F2N3O4/c1-2-20-9(17)4-7-8(16(18)19)3-6(5-14)10(15-7)11(12)13/h3,11H,2,4H2,1H3. The molecular weight excluding hydrogens is 276 g/mol. The van der Waals surface area contributed by atoms with Crippen LogP contribution in [0, 0.1) is 21.4 Å². The Labute approximate surface area is 111 Å². The van der Waals surface area contributed by atoms with Crippen molar-refractivity contribution >= 4 is 11.7 Å². The first-order valence-electron chi connectivity index (χ1n) is 5.42. The second kappa shape index (κ2) is 6.51. The highest BCUT2D eigenvalue weighted by molar-refractivity contribution is 5.73. The first-order chi connectivity index (χ1) is 9.40. The molecule has 20 heavy (non-hydrogen) atoms. The summed E-state index contributed by atoms with van der Waals surface area (Å²) in [7, 11) is 0. The lowest BCUT2D eigenvalue weighted by Crippen LogP contribution is -2.12. The predicted octanol–water partition coefficient (Wildman–Crippen LogP) is 1.90. The Morgan fingerprint density at radius 2 is 2.30 bits per heavy atom. The van der Waals surface area contributed by atoms with Gasteiger partial charge in [-0.25, -0.2) is 13.8 Å². The van der Waals surface area contributed by atoms with E-state index in [9.17, 15) is 23.7 Å². The van der Waals surface area contributed by atoms with E-state index in [0.29, 0.717) is 6.07 Å². The van der Waals surface area contributed by atoms with Gasteiger partial charge < -0.3 is 4.74 Å². The highest BCUT2D eigenvalue weighted by atomic mass is 19.3. The Balaban J connectivity index is 3.33. The second-order valence-corrected chi connectivity index (χ2v) is 3.54. The van der Waals surface area contributed by atoms with E-state index in [1.165, 1.54) is 13.0 Å². The molecule has 0 fully saturated rings. The lowest BCUT2D eigenvalue weighted by molar-refractivity contribution is -0.385. The summed E-state index contributed by atoms with van der Waals surface area (Å²) in [4.78, 5) is 24.6. The molecule has 0 radical (unpaired) electrons. The number of aromatic nitrogens is 1. The zero-order valence-corrected chi connectivity index (χ0v) is 10.3. The van der Waals surface area contributed by atoms with Crippen LogP contribution in [-0.4, -0.2) is 22.5 Å². The number of hydrogen-bond donors (Lipinski definition) is 0. The fourth-order valence-electron chi connectivity index (χ4n) is 1.45.